The third-order valence-corrected chi connectivity index (χ3v) is 7.43. The van der Waals surface area contributed by atoms with Crippen molar-refractivity contribution < 1.29 is 9.13 Å². The Labute approximate surface area is 217 Å². The number of morpholine rings is 1. The average molecular weight is 502 g/mol. The normalized spacial score (nSPS) is 33.5. The fourth-order valence-corrected chi connectivity index (χ4v) is 5.40. The maximum Gasteiger partial charge on any atom is 0.128 e. The summed E-state index contributed by atoms with van der Waals surface area (Å²) in [6.07, 6.45) is 1.07. The zero-order chi connectivity index (χ0) is 26.9. The summed E-state index contributed by atoms with van der Waals surface area (Å²) in [7, 11) is 3.92. The molecule has 3 aliphatic heterocycles. The monoisotopic (exact) mass is 501 g/mol. The van der Waals surface area contributed by atoms with Crippen molar-refractivity contribution in [3.8, 4) is 0 Å². The Morgan fingerprint density at radius 1 is 0.714 bits per heavy atom. The Morgan fingerprint density at radius 3 is 1.51 bits per heavy atom. The standard InChI is InChI=1S/C10H21FN2.C9H20N2.C9H19NO/c1-8(2)13-6-5-10(12(3)4)9(11)7-13;1-7(2)11-5-8(3)10-9(4)6-11;1-7(2)10-5-8(3)11-9(4)6-10/h8-10H,5-7H2,1-4H3;7-10H,5-6H2,1-4H3;7-9H,5-6H2,1-4H3/t9-,10+;2*8-,9+/m0../s1. The molecule has 6 nitrogen and oxygen atoms in total. The van der Waals surface area contributed by atoms with Gasteiger partial charge >= 0.3 is 0 Å². The Morgan fingerprint density at radius 2 is 1.14 bits per heavy atom. The molecule has 35 heavy (non-hydrogen) atoms. The molecule has 0 aliphatic carbocycles. The first-order valence-corrected chi connectivity index (χ1v) is 14.1. The zero-order valence-corrected chi connectivity index (χ0v) is 25.2. The number of rotatable bonds is 4. The van der Waals surface area contributed by atoms with Crippen molar-refractivity contribution >= 4 is 0 Å². The molecule has 0 bridgehead atoms. The van der Waals surface area contributed by atoms with Crippen LogP contribution in [0.15, 0.2) is 0 Å². The van der Waals surface area contributed by atoms with Gasteiger partial charge in [0, 0.05) is 75.5 Å². The van der Waals surface area contributed by atoms with Crippen molar-refractivity contribution in [1.82, 2.24) is 24.9 Å². The van der Waals surface area contributed by atoms with Gasteiger partial charge in [-0.3, -0.25) is 14.7 Å². The molecular formula is C28H60FN5O. The van der Waals surface area contributed by atoms with E-state index in [1.165, 1.54) is 13.1 Å². The minimum atomic E-state index is -0.689. The highest BCUT2D eigenvalue weighted by Gasteiger charge is 2.31. The quantitative estimate of drug-likeness (QED) is 0.628. The molecule has 0 amide bonds. The van der Waals surface area contributed by atoms with Crippen LogP contribution >= 0.6 is 0 Å². The average Bonchev–Trinajstić information content (AvgIpc) is 2.72. The number of alkyl halides is 1. The lowest BCUT2D eigenvalue weighted by molar-refractivity contribution is -0.0764. The summed E-state index contributed by atoms with van der Waals surface area (Å²) in [6, 6.07) is 3.25. The van der Waals surface area contributed by atoms with Gasteiger partial charge in [0.05, 0.1) is 12.2 Å². The lowest BCUT2D eigenvalue weighted by Crippen LogP contribution is -2.55. The molecule has 0 aromatic heterocycles. The van der Waals surface area contributed by atoms with Crippen molar-refractivity contribution in [3.05, 3.63) is 0 Å². The van der Waals surface area contributed by atoms with Gasteiger partial charge in [0.1, 0.15) is 6.17 Å². The molecule has 0 aromatic rings. The van der Waals surface area contributed by atoms with Crippen LogP contribution in [0.5, 0.6) is 0 Å². The molecule has 210 valence electrons. The van der Waals surface area contributed by atoms with Crippen molar-refractivity contribution in [2.24, 2.45) is 0 Å². The Hall–Kier alpha value is -0.310. The third-order valence-electron chi connectivity index (χ3n) is 7.43. The van der Waals surface area contributed by atoms with Gasteiger partial charge in [-0.25, -0.2) is 4.39 Å². The summed E-state index contributed by atoms with van der Waals surface area (Å²) < 4.78 is 19.3. The molecule has 3 rings (SSSR count). The van der Waals surface area contributed by atoms with Gasteiger partial charge in [-0.2, -0.15) is 0 Å². The number of halogens is 1. The molecule has 0 unspecified atom stereocenters. The largest absolute Gasteiger partial charge is 0.373 e. The second-order valence-corrected chi connectivity index (χ2v) is 12.2. The van der Waals surface area contributed by atoms with Crippen LogP contribution < -0.4 is 5.32 Å². The summed E-state index contributed by atoms with van der Waals surface area (Å²) in [5.41, 5.74) is 0. The van der Waals surface area contributed by atoms with Crippen molar-refractivity contribution in [2.75, 3.05) is 53.4 Å². The van der Waals surface area contributed by atoms with Crippen molar-refractivity contribution in [3.63, 3.8) is 0 Å². The SMILES string of the molecule is CC(C)N1CC[C@@H](N(C)C)[C@@H](F)C1.CC(C)N1C[C@@H](C)N[C@@H](C)C1.CC(C)N1C[C@@H](C)O[C@@H](C)C1. The predicted molar refractivity (Wildman–Crippen MR) is 149 cm³/mol. The second kappa shape index (κ2) is 15.8. The van der Waals surface area contributed by atoms with Crippen LogP contribution in [0, 0.1) is 0 Å². The van der Waals surface area contributed by atoms with E-state index in [4.69, 9.17) is 4.74 Å². The highest BCUT2D eigenvalue weighted by Crippen LogP contribution is 2.19. The molecule has 0 saturated carbocycles. The Kier molecular flexibility index (Phi) is 14.8. The number of hydrogen-bond donors (Lipinski definition) is 1. The van der Waals surface area contributed by atoms with E-state index in [0.717, 1.165) is 26.1 Å². The van der Waals surface area contributed by atoms with Crippen LogP contribution in [-0.2, 0) is 4.74 Å². The van der Waals surface area contributed by atoms with Gasteiger partial charge in [0.2, 0.25) is 0 Å². The first-order chi connectivity index (χ1) is 16.2. The molecule has 0 spiro atoms. The van der Waals surface area contributed by atoms with Crippen molar-refractivity contribution in [1.29, 1.82) is 0 Å². The number of piperidine rings is 1. The molecule has 3 saturated heterocycles. The minimum Gasteiger partial charge on any atom is -0.373 e. The molecule has 3 fully saturated rings. The van der Waals surface area contributed by atoms with Gasteiger partial charge in [-0.15, -0.1) is 0 Å². The topological polar surface area (TPSA) is 34.2 Å². The first-order valence-electron chi connectivity index (χ1n) is 14.1. The van der Waals surface area contributed by atoms with E-state index in [1.807, 2.05) is 19.0 Å². The highest BCUT2D eigenvalue weighted by atomic mass is 19.1. The number of likely N-dealkylation sites (tertiary alicyclic amines) is 1. The maximum atomic E-state index is 13.6. The fourth-order valence-electron chi connectivity index (χ4n) is 5.40. The van der Waals surface area contributed by atoms with Crippen molar-refractivity contribution in [2.45, 2.75) is 130 Å². The maximum absolute atomic E-state index is 13.6. The van der Waals surface area contributed by atoms with Crippen LogP contribution in [0.2, 0.25) is 0 Å². The molecular weight excluding hydrogens is 441 g/mol. The molecule has 6 atom stereocenters. The van der Waals surface area contributed by atoms with Gasteiger partial charge in [-0.05, 0) is 89.8 Å². The molecule has 0 aromatic carbocycles. The highest BCUT2D eigenvalue weighted by molar-refractivity contribution is 4.86. The van der Waals surface area contributed by atoms with E-state index in [2.05, 4.69) is 89.3 Å². The third kappa shape index (κ3) is 12.2. The summed E-state index contributed by atoms with van der Waals surface area (Å²) in [5, 5.41) is 3.52. The lowest BCUT2D eigenvalue weighted by atomic mass is 10.0. The van der Waals surface area contributed by atoms with E-state index in [9.17, 15) is 4.39 Å². The van der Waals surface area contributed by atoms with Gasteiger partial charge in [-0.1, -0.05) is 0 Å². The predicted octanol–water partition coefficient (Wildman–Crippen LogP) is 3.95. The van der Waals surface area contributed by atoms with Crippen LogP contribution in [0.3, 0.4) is 0 Å². The van der Waals surface area contributed by atoms with Crippen LogP contribution in [0.1, 0.15) is 75.7 Å². The van der Waals surface area contributed by atoms with E-state index in [-0.39, 0.29) is 6.04 Å². The first kappa shape index (κ1) is 32.7. The smallest absolute Gasteiger partial charge is 0.128 e. The van der Waals surface area contributed by atoms with Gasteiger partial charge < -0.3 is 15.0 Å². The van der Waals surface area contributed by atoms with E-state index in [1.54, 1.807) is 0 Å². The number of hydrogen-bond acceptors (Lipinski definition) is 6. The van der Waals surface area contributed by atoms with Gasteiger partial charge in [0.15, 0.2) is 0 Å². The molecule has 3 aliphatic rings. The molecule has 3 heterocycles. The minimum absolute atomic E-state index is 0.120. The zero-order valence-electron chi connectivity index (χ0n) is 25.2. The summed E-state index contributed by atoms with van der Waals surface area (Å²) in [6.45, 7) is 28.3. The lowest BCUT2D eigenvalue weighted by Gasteiger charge is -2.39. The molecule has 1 N–H and O–H groups in total. The van der Waals surface area contributed by atoms with E-state index >= 15 is 0 Å². The number of nitrogens with zero attached hydrogens (tertiary/aromatic N) is 4. The summed E-state index contributed by atoms with van der Waals surface area (Å²) in [4.78, 5) is 9.22. The molecule has 7 heteroatoms. The fraction of sp³-hybridized carbons (Fsp3) is 1.00. The Balaban J connectivity index is 0.000000264. The van der Waals surface area contributed by atoms with Crippen LogP contribution in [0.25, 0.3) is 0 Å². The van der Waals surface area contributed by atoms with Crippen LogP contribution in [0.4, 0.5) is 4.39 Å². The van der Waals surface area contributed by atoms with E-state index in [0.29, 0.717) is 49.0 Å². The second-order valence-electron chi connectivity index (χ2n) is 12.2. The summed E-state index contributed by atoms with van der Waals surface area (Å²) in [5.74, 6) is 0. The summed E-state index contributed by atoms with van der Waals surface area (Å²) >= 11 is 0. The number of piperazine rings is 1. The van der Waals surface area contributed by atoms with Crippen LogP contribution in [-0.4, -0.2) is 128 Å². The molecule has 0 radical (unpaired) electrons. The number of ether oxygens (including phenoxy) is 1. The Bertz CT molecular complexity index is 511. The van der Waals surface area contributed by atoms with Gasteiger partial charge in [0.25, 0.3) is 0 Å². The van der Waals surface area contributed by atoms with E-state index < -0.39 is 6.17 Å². The number of nitrogens with one attached hydrogen (secondary N) is 1.